The van der Waals surface area contributed by atoms with E-state index in [2.05, 4.69) is 31.4 Å². The third-order valence-corrected chi connectivity index (χ3v) is 7.13. The number of carbonyl (C=O) groups is 3. The summed E-state index contributed by atoms with van der Waals surface area (Å²) in [6.45, 7) is 8.26. The Balaban J connectivity index is 1.85. The molecule has 1 aliphatic carbocycles. The van der Waals surface area contributed by atoms with E-state index >= 15 is 0 Å². The Bertz CT molecular complexity index is 967. The third kappa shape index (κ3) is 5.89. The van der Waals surface area contributed by atoms with Gasteiger partial charge in [-0.25, -0.2) is 4.79 Å². The molecular weight excluding hydrogens is 432 g/mol. The number of fused-ring (bicyclic) bond motifs is 1. The molecule has 8 heteroatoms. The lowest BCUT2D eigenvalue weighted by molar-refractivity contribution is 0.0925. The number of carbonyl (C=O) groups excluding carboxylic acids is 3. The molecule has 0 aliphatic heterocycles. The Morgan fingerprint density at radius 3 is 2.55 bits per heavy atom. The van der Waals surface area contributed by atoms with Gasteiger partial charge in [-0.15, -0.1) is 23.1 Å². The first-order valence-electron chi connectivity index (χ1n) is 10.5. The van der Waals surface area contributed by atoms with Gasteiger partial charge in [0.25, 0.3) is 11.8 Å². The van der Waals surface area contributed by atoms with Gasteiger partial charge in [0.1, 0.15) is 5.00 Å². The molecule has 31 heavy (non-hydrogen) atoms. The monoisotopic (exact) mass is 460 g/mol. The maximum Gasteiger partial charge on any atom is 0.414 e. The summed E-state index contributed by atoms with van der Waals surface area (Å²) in [6, 6.07) is 7.42. The van der Waals surface area contributed by atoms with E-state index in [0.717, 1.165) is 34.6 Å². The summed E-state index contributed by atoms with van der Waals surface area (Å²) in [5.74, 6) is -0.302. The van der Waals surface area contributed by atoms with Crippen LogP contribution in [-0.2, 0) is 17.6 Å². The van der Waals surface area contributed by atoms with E-state index in [1.807, 2.05) is 12.1 Å². The lowest BCUT2D eigenvalue weighted by Crippen LogP contribution is -2.32. The molecule has 1 atom stereocenters. The third-order valence-electron chi connectivity index (χ3n) is 4.95. The Kier molecular flexibility index (Phi) is 7.78. The number of anilines is 1. The number of nitrogens with one attached hydrogen (secondary N) is 2. The number of benzene rings is 1. The molecule has 0 saturated heterocycles. The molecule has 3 amide bonds. The van der Waals surface area contributed by atoms with Crippen LogP contribution in [0.1, 0.15) is 65.3 Å². The van der Waals surface area contributed by atoms with Crippen molar-refractivity contribution in [3.8, 4) is 0 Å². The molecule has 6 nitrogen and oxygen atoms in total. The summed E-state index contributed by atoms with van der Waals surface area (Å²) >= 11 is 3.15. The van der Waals surface area contributed by atoms with Crippen LogP contribution in [0.15, 0.2) is 29.2 Å². The Morgan fingerprint density at radius 1 is 1.19 bits per heavy atom. The Labute approximate surface area is 191 Å². The van der Waals surface area contributed by atoms with E-state index in [4.69, 9.17) is 4.74 Å². The first-order valence-corrected chi connectivity index (χ1v) is 12.2. The predicted molar refractivity (Wildman–Crippen MR) is 125 cm³/mol. The van der Waals surface area contributed by atoms with Gasteiger partial charge in [0.2, 0.25) is 0 Å². The van der Waals surface area contributed by atoms with Crippen LogP contribution < -0.4 is 10.6 Å². The number of rotatable bonds is 6. The summed E-state index contributed by atoms with van der Waals surface area (Å²) in [6.07, 6.45) is 1.78. The van der Waals surface area contributed by atoms with Crippen LogP contribution in [0.5, 0.6) is 0 Å². The highest BCUT2D eigenvalue weighted by molar-refractivity contribution is 7.99. The zero-order chi connectivity index (χ0) is 22.5. The van der Waals surface area contributed by atoms with Crippen molar-refractivity contribution >= 4 is 46.0 Å². The molecule has 3 rings (SSSR count). The molecule has 0 saturated carbocycles. The molecule has 1 unspecified atom stereocenters. The molecule has 2 aromatic rings. The Hall–Kier alpha value is -2.32. The normalized spacial score (nSPS) is 15.3. The average Bonchev–Trinajstić information content (AvgIpc) is 3.05. The molecule has 1 aliphatic rings. The number of thiophene rings is 1. The van der Waals surface area contributed by atoms with Gasteiger partial charge in [-0.05, 0) is 61.9 Å². The smallest absolute Gasteiger partial charge is 0.414 e. The standard InChI is InChI=1S/C23H28N2O4S2/c1-5-29-23(28)25-21(27)19-17-11-6-14(4)12-18(17)31-22(19)24-20(26)15-7-9-16(10-8-15)30-13(2)3/h7-10,13-14H,5-6,11-12H2,1-4H3,(H,24,26)(H,25,27,28). The van der Waals surface area contributed by atoms with Gasteiger partial charge in [0, 0.05) is 20.6 Å². The molecule has 1 heterocycles. The van der Waals surface area contributed by atoms with Crippen molar-refractivity contribution in [3.05, 3.63) is 45.8 Å². The van der Waals surface area contributed by atoms with Crippen LogP contribution >= 0.6 is 23.1 Å². The number of ether oxygens (including phenoxy) is 1. The SMILES string of the molecule is CCOC(=O)NC(=O)c1c(NC(=O)c2ccc(SC(C)C)cc2)sc2c1CCC(C)C2. The second-order valence-electron chi connectivity index (χ2n) is 7.88. The van der Waals surface area contributed by atoms with Gasteiger partial charge in [-0.1, -0.05) is 20.8 Å². The summed E-state index contributed by atoms with van der Waals surface area (Å²) in [5, 5.41) is 6.12. The fourth-order valence-electron chi connectivity index (χ4n) is 3.53. The zero-order valence-electron chi connectivity index (χ0n) is 18.2. The summed E-state index contributed by atoms with van der Waals surface area (Å²) in [7, 11) is 0. The highest BCUT2D eigenvalue weighted by atomic mass is 32.2. The molecule has 0 radical (unpaired) electrons. The Morgan fingerprint density at radius 2 is 1.90 bits per heavy atom. The molecule has 1 aromatic heterocycles. The highest BCUT2D eigenvalue weighted by Crippen LogP contribution is 2.40. The van der Waals surface area contributed by atoms with Gasteiger partial charge in [-0.2, -0.15) is 0 Å². The zero-order valence-corrected chi connectivity index (χ0v) is 19.9. The maximum absolute atomic E-state index is 12.9. The minimum absolute atomic E-state index is 0.174. The quantitative estimate of drug-likeness (QED) is 0.555. The van der Waals surface area contributed by atoms with Gasteiger partial charge in [-0.3, -0.25) is 14.9 Å². The molecule has 0 spiro atoms. The summed E-state index contributed by atoms with van der Waals surface area (Å²) in [4.78, 5) is 39.7. The second-order valence-corrected chi connectivity index (χ2v) is 10.6. The number of alkyl carbamates (subject to hydrolysis) is 1. The van der Waals surface area contributed by atoms with Crippen molar-refractivity contribution in [2.24, 2.45) is 5.92 Å². The number of amides is 3. The molecule has 2 N–H and O–H groups in total. The van der Waals surface area contributed by atoms with Gasteiger partial charge in [0.05, 0.1) is 12.2 Å². The van der Waals surface area contributed by atoms with Crippen molar-refractivity contribution in [1.29, 1.82) is 0 Å². The first kappa shape index (κ1) is 23.3. The topological polar surface area (TPSA) is 84.5 Å². The lowest BCUT2D eigenvalue weighted by Gasteiger charge is -2.18. The van der Waals surface area contributed by atoms with Crippen LogP contribution in [0.2, 0.25) is 0 Å². The predicted octanol–water partition coefficient (Wildman–Crippen LogP) is 5.51. The number of hydrogen-bond donors (Lipinski definition) is 2. The van der Waals surface area contributed by atoms with Crippen molar-refractivity contribution in [2.45, 2.75) is 57.1 Å². The van der Waals surface area contributed by atoms with Crippen LogP contribution in [0.3, 0.4) is 0 Å². The fourth-order valence-corrected chi connectivity index (χ4v) is 5.77. The van der Waals surface area contributed by atoms with E-state index in [-0.39, 0.29) is 12.5 Å². The van der Waals surface area contributed by atoms with Gasteiger partial charge in [0.15, 0.2) is 0 Å². The minimum atomic E-state index is -0.785. The maximum atomic E-state index is 12.9. The molecule has 166 valence electrons. The summed E-state index contributed by atoms with van der Waals surface area (Å²) in [5.41, 5.74) is 1.81. The fraction of sp³-hybridized carbons (Fsp3) is 0.435. The number of thioether (sulfide) groups is 1. The molecule has 0 bridgehead atoms. The van der Waals surface area contributed by atoms with Crippen LogP contribution in [0, 0.1) is 5.92 Å². The van der Waals surface area contributed by atoms with E-state index < -0.39 is 12.0 Å². The molecular formula is C23H28N2O4S2. The first-order chi connectivity index (χ1) is 14.8. The van der Waals surface area contributed by atoms with Gasteiger partial charge >= 0.3 is 6.09 Å². The molecule has 0 fully saturated rings. The van der Waals surface area contributed by atoms with Crippen molar-refractivity contribution in [1.82, 2.24) is 5.32 Å². The van der Waals surface area contributed by atoms with Crippen LogP contribution in [0.25, 0.3) is 0 Å². The number of imide groups is 1. The van der Waals surface area contributed by atoms with E-state index in [1.165, 1.54) is 11.3 Å². The average molecular weight is 461 g/mol. The number of hydrogen-bond acceptors (Lipinski definition) is 6. The highest BCUT2D eigenvalue weighted by Gasteiger charge is 2.29. The van der Waals surface area contributed by atoms with Crippen LogP contribution in [-0.4, -0.2) is 29.8 Å². The van der Waals surface area contributed by atoms with Crippen LogP contribution in [0.4, 0.5) is 9.80 Å². The second kappa shape index (κ2) is 10.3. The van der Waals surface area contributed by atoms with E-state index in [9.17, 15) is 14.4 Å². The van der Waals surface area contributed by atoms with E-state index in [0.29, 0.717) is 27.3 Å². The van der Waals surface area contributed by atoms with E-state index in [1.54, 1.807) is 30.8 Å². The van der Waals surface area contributed by atoms with Crippen molar-refractivity contribution in [3.63, 3.8) is 0 Å². The summed E-state index contributed by atoms with van der Waals surface area (Å²) < 4.78 is 4.84. The molecule has 1 aromatic carbocycles. The van der Waals surface area contributed by atoms with Crippen molar-refractivity contribution in [2.75, 3.05) is 11.9 Å². The largest absolute Gasteiger partial charge is 0.450 e. The van der Waals surface area contributed by atoms with Gasteiger partial charge < -0.3 is 10.1 Å². The minimum Gasteiger partial charge on any atom is -0.450 e. The lowest BCUT2D eigenvalue weighted by atomic mass is 9.88. The van der Waals surface area contributed by atoms with Crippen molar-refractivity contribution < 1.29 is 19.1 Å².